The van der Waals surface area contributed by atoms with Crippen LogP contribution < -0.4 is 5.32 Å². The molecule has 1 N–H and O–H groups in total. The number of hydrogen-bond donors (Lipinski definition) is 1. The van der Waals surface area contributed by atoms with E-state index in [9.17, 15) is 14.0 Å². The molecule has 4 nitrogen and oxygen atoms in total. The number of halogens is 2. The normalized spacial score (nSPS) is 19.7. The highest BCUT2D eigenvalue weighted by Crippen LogP contribution is 2.19. The summed E-state index contributed by atoms with van der Waals surface area (Å²) in [6, 6.07) is 4.18. The molecule has 1 atom stereocenters. The molecule has 1 unspecified atom stereocenters. The molecule has 0 aliphatic carbocycles. The van der Waals surface area contributed by atoms with Gasteiger partial charge in [0.05, 0.1) is 4.47 Å². The minimum Gasteiger partial charge on any atom is -0.344 e. The molecule has 1 aromatic rings. The van der Waals surface area contributed by atoms with Gasteiger partial charge in [0, 0.05) is 19.5 Å². The van der Waals surface area contributed by atoms with Gasteiger partial charge in [0.25, 0.3) is 0 Å². The second-order valence-electron chi connectivity index (χ2n) is 5.55. The van der Waals surface area contributed by atoms with E-state index < -0.39 is 6.04 Å². The zero-order valence-electron chi connectivity index (χ0n) is 12.0. The van der Waals surface area contributed by atoms with Crippen molar-refractivity contribution in [2.45, 2.75) is 32.9 Å². The Morgan fingerprint density at radius 2 is 2.14 bits per heavy atom. The Morgan fingerprint density at radius 1 is 1.43 bits per heavy atom. The largest absolute Gasteiger partial charge is 0.344 e. The summed E-state index contributed by atoms with van der Waals surface area (Å²) in [7, 11) is 0. The minimum atomic E-state index is -0.496. The van der Waals surface area contributed by atoms with Gasteiger partial charge < -0.3 is 10.2 Å². The topological polar surface area (TPSA) is 49.4 Å². The number of carbonyl (C=O) groups excluding carboxylic acids is 2. The van der Waals surface area contributed by atoms with Gasteiger partial charge in [0.15, 0.2) is 0 Å². The Kier molecular flexibility index (Phi) is 4.98. The average molecular weight is 357 g/mol. The molecule has 1 aromatic carbocycles. The number of nitrogens with one attached hydrogen (secondary N) is 1. The first-order chi connectivity index (χ1) is 9.88. The van der Waals surface area contributed by atoms with Crippen LogP contribution in [0.4, 0.5) is 4.39 Å². The molecule has 21 heavy (non-hydrogen) atoms. The Bertz CT molecular complexity index is 563. The summed E-state index contributed by atoms with van der Waals surface area (Å²) in [5.41, 5.74) is 0.827. The highest BCUT2D eigenvalue weighted by Gasteiger charge is 2.31. The highest BCUT2D eigenvalue weighted by atomic mass is 79.9. The Balaban J connectivity index is 2.18. The molecule has 1 aliphatic rings. The highest BCUT2D eigenvalue weighted by molar-refractivity contribution is 9.10. The third-order valence-electron chi connectivity index (χ3n) is 3.53. The fraction of sp³-hybridized carbons (Fsp3) is 0.467. The number of nitrogens with zero attached hydrogens (tertiary/aromatic N) is 1. The molecular formula is C15H18BrFN2O2. The number of carbonyl (C=O) groups is 2. The summed E-state index contributed by atoms with van der Waals surface area (Å²) in [6.45, 7) is 4.56. The molecule has 114 valence electrons. The van der Waals surface area contributed by atoms with Crippen LogP contribution in [0.2, 0.25) is 0 Å². The molecule has 0 saturated carbocycles. The zero-order chi connectivity index (χ0) is 15.6. The average Bonchev–Trinajstić information content (AvgIpc) is 2.56. The minimum absolute atomic E-state index is 0.0296. The van der Waals surface area contributed by atoms with Gasteiger partial charge in [-0.25, -0.2) is 4.39 Å². The van der Waals surface area contributed by atoms with Crippen molar-refractivity contribution in [3.63, 3.8) is 0 Å². The van der Waals surface area contributed by atoms with E-state index in [1.54, 1.807) is 17.0 Å². The first-order valence-corrected chi connectivity index (χ1v) is 7.70. The first-order valence-electron chi connectivity index (χ1n) is 6.90. The maximum Gasteiger partial charge on any atom is 0.245 e. The lowest BCUT2D eigenvalue weighted by Gasteiger charge is -2.26. The summed E-state index contributed by atoms with van der Waals surface area (Å²) in [6.07, 6.45) is 0.289. The van der Waals surface area contributed by atoms with E-state index in [1.807, 2.05) is 13.8 Å². The van der Waals surface area contributed by atoms with Gasteiger partial charge in [-0.05, 0) is 39.5 Å². The van der Waals surface area contributed by atoms with Gasteiger partial charge in [-0.15, -0.1) is 0 Å². The van der Waals surface area contributed by atoms with E-state index in [4.69, 9.17) is 0 Å². The summed E-state index contributed by atoms with van der Waals surface area (Å²) < 4.78 is 13.6. The number of hydrogen-bond acceptors (Lipinski definition) is 2. The van der Waals surface area contributed by atoms with Crippen LogP contribution in [-0.4, -0.2) is 29.3 Å². The third-order valence-corrected chi connectivity index (χ3v) is 4.13. The van der Waals surface area contributed by atoms with Gasteiger partial charge in [0.2, 0.25) is 11.8 Å². The molecule has 6 heteroatoms. The van der Waals surface area contributed by atoms with Crippen LogP contribution in [0, 0.1) is 11.7 Å². The second kappa shape index (κ2) is 6.56. The summed E-state index contributed by atoms with van der Waals surface area (Å²) >= 11 is 3.14. The molecule has 0 spiro atoms. The van der Waals surface area contributed by atoms with Crippen molar-refractivity contribution in [3.05, 3.63) is 34.1 Å². The summed E-state index contributed by atoms with van der Waals surface area (Å²) in [5, 5.41) is 2.76. The Labute approximate surface area is 131 Å². The molecule has 1 fully saturated rings. The molecular weight excluding hydrogens is 339 g/mol. The van der Waals surface area contributed by atoms with Crippen molar-refractivity contribution in [3.8, 4) is 0 Å². The monoisotopic (exact) mass is 356 g/mol. The molecule has 0 bridgehead atoms. The van der Waals surface area contributed by atoms with Gasteiger partial charge in [-0.3, -0.25) is 9.59 Å². The van der Waals surface area contributed by atoms with Crippen molar-refractivity contribution in [2.75, 3.05) is 6.54 Å². The van der Waals surface area contributed by atoms with E-state index in [0.29, 0.717) is 17.6 Å². The fourth-order valence-corrected chi connectivity index (χ4v) is 2.74. The van der Waals surface area contributed by atoms with Crippen LogP contribution in [0.3, 0.4) is 0 Å². The maximum absolute atomic E-state index is 13.3. The lowest BCUT2D eigenvalue weighted by atomic mass is 10.0. The van der Waals surface area contributed by atoms with E-state index >= 15 is 0 Å². The van der Waals surface area contributed by atoms with Gasteiger partial charge in [0.1, 0.15) is 11.9 Å². The smallest absolute Gasteiger partial charge is 0.245 e. The van der Waals surface area contributed by atoms with Crippen LogP contribution in [-0.2, 0) is 16.1 Å². The third kappa shape index (κ3) is 3.81. The lowest BCUT2D eigenvalue weighted by Crippen LogP contribution is -2.47. The molecule has 0 aromatic heterocycles. The molecule has 1 heterocycles. The molecule has 1 saturated heterocycles. The number of amides is 2. The predicted molar refractivity (Wildman–Crippen MR) is 80.9 cm³/mol. The number of benzene rings is 1. The Hall–Kier alpha value is -1.43. The maximum atomic E-state index is 13.3. The van der Waals surface area contributed by atoms with Gasteiger partial charge in [-0.2, -0.15) is 0 Å². The second-order valence-corrected chi connectivity index (χ2v) is 6.40. The Morgan fingerprint density at radius 3 is 2.76 bits per heavy atom. The predicted octanol–water partition coefficient (Wildman–Crippen LogP) is 2.46. The first kappa shape index (κ1) is 15.9. The van der Waals surface area contributed by atoms with E-state index in [0.717, 1.165) is 5.56 Å². The zero-order valence-corrected chi connectivity index (χ0v) is 13.6. The molecule has 1 aliphatic heterocycles. The van der Waals surface area contributed by atoms with Crippen molar-refractivity contribution in [1.29, 1.82) is 0 Å². The van der Waals surface area contributed by atoms with Gasteiger partial charge >= 0.3 is 0 Å². The van der Waals surface area contributed by atoms with E-state index in [1.165, 1.54) is 6.07 Å². The van der Waals surface area contributed by atoms with Crippen LogP contribution in [0.1, 0.15) is 25.8 Å². The summed E-state index contributed by atoms with van der Waals surface area (Å²) in [5.74, 6) is -0.499. The van der Waals surface area contributed by atoms with Crippen LogP contribution >= 0.6 is 15.9 Å². The number of rotatable bonds is 3. The summed E-state index contributed by atoms with van der Waals surface area (Å²) in [4.78, 5) is 25.9. The van der Waals surface area contributed by atoms with Crippen LogP contribution in [0.15, 0.2) is 22.7 Å². The van der Waals surface area contributed by atoms with Crippen molar-refractivity contribution in [2.24, 2.45) is 5.92 Å². The lowest BCUT2D eigenvalue weighted by molar-refractivity contribution is -0.135. The van der Waals surface area contributed by atoms with Crippen molar-refractivity contribution < 1.29 is 14.0 Å². The van der Waals surface area contributed by atoms with Crippen molar-refractivity contribution >= 4 is 27.7 Å². The fourth-order valence-electron chi connectivity index (χ4n) is 2.32. The van der Waals surface area contributed by atoms with Crippen LogP contribution in [0.5, 0.6) is 0 Å². The molecule has 0 radical (unpaired) electrons. The van der Waals surface area contributed by atoms with Gasteiger partial charge in [-0.1, -0.05) is 19.9 Å². The quantitative estimate of drug-likeness (QED) is 0.904. The van der Waals surface area contributed by atoms with Crippen molar-refractivity contribution in [1.82, 2.24) is 10.2 Å². The SMILES string of the molecule is CC(C)C1NC(=O)CCN(Cc2ccc(F)c(Br)c2)C1=O. The molecule has 2 rings (SSSR count). The van der Waals surface area contributed by atoms with E-state index in [2.05, 4.69) is 21.2 Å². The molecule has 2 amide bonds. The van der Waals surface area contributed by atoms with E-state index in [-0.39, 0.29) is 30.0 Å². The van der Waals surface area contributed by atoms with Crippen LogP contribution in [0.25, 0.3) is 0 Å². The standard InChI is InChI=1S/C15H18BrFN2O2/c1-9(2)14-15(21)19(6-5-13(20)18-14)8-10-3-4-12(17)11(16)7-10/h3-4,7,9,14H,5-6,8H2,1-2H3,(H,18,20).